The van der Waals surface area contributed by atoms with Crippen LogP contribution in [0.4, 0.5) is 4.79 Å². The van der Waals surface area contributed by atoms with E-state index in [4.69, 9.17) is 9.47 Å². The first-order chi connectivity index (χ1) is 23.8. The first-order valence-electron chi connectivity index (χ1n) is 17.2. The first-order valence-corrected chi connectivity index (χ1v) is 17.2. The number of ether oxygens (including phenoxy) is 2. The van der Waals surface area contributed by atoms with Gasteiger partial charge in [-0.3, -0.25) is 4.90 Å². The molecular formula is C42H47N3O4. The third kappa shape index (κ3) is 8.20. The maximum atomic E-state index is 11.9. The van der Waals surface area contributed by atoms with Crippen LogP contribution in [0.15, 0.2) is 115 Å². The molecule has 5 aromatic carbocycles. The predicted octanol–water partition coefficient (Wildman–Crippen LogP) is 8.30. The lowest BCUT2D eigenvalue weighted by Crippen LogP contribution is -2.44. The number of nitrogens with zero attached hydrogens (tertiary/aromatic N) is 1. The number of aliphatic hydroxyl groups is 1. The van der Waals surface area contributed by atoms with E-state index in [1.165, 1.54) is 16.3 Å². The van der Waals surface area contributed by atoms with Gasteiger partial charge in [0.05, 0.1) is 18.8 Å². The summed E-state index contributed by atoms with van der Waals surface area (Å²) in [5, 5.41) is 17.8. The molecule has 0 saturated carbocycles. The van der Waals surface area contributed by atoms with E-state index in [9.17, 15) is 9.90 Å². The number of hydrogen-bond acceptors (Lipinski definition) is 5. The molecule has 1 saturated heterocycles. The minimum Gasteiger partial charge on any atom is -0.392 e. The number of carbonyl (C=O) groups excluding carboxylic acids is 1. The van der Waals surface area contributed by atoms with E-state index in [2.05, 4.69) is 127 Å². The summed E-state index contributed by atoms with van der Waals surface area (Å²) in [6, 6.07) is 39.8. The molecule has 2 amide bonds. The Labute approximate surface area is 289 Å². The maximum Gasteiger partial charge on any atom is 0.315 e. The highest BCUT2D eigenvalue weighted by Crippen LogP contribution is 2.42. The predicted molar refractivity (Wildman–Crippen MR) is 196 cm³/mol. The van der Waals surface area contributed by atoms with Gasteiger partial charge in [0.2, 0.25) is 0 Å². The molecule has 7 nitrogen and oxygen atoms in total. The number of nitrogens with one attached hydrogen (secondary N) is 2. The van der Waals surface area contributed by atoms with Crippen LogP contribution in [-0.2, 0) is 22.6 Å². The van der Waals surface area contributed by atoms with Crippen LogP contribution >= 0.6 is 0 Å². The maximum absolute atomic E-state index is 11.9. The highest BCUT2D eigenvalue weighted by molar-refractivity contribution is 5.83. The van der Waals surface area contributed by atoms with Gasteiger partial charge >= 0.3 is 6.03 Å². The van der Waals surface area contributed by atoms with Crippen LogP contribution in [0.5, 0.6) is 0 Å². The van der Waals surface area contributed by atoms with Gasteiger partial charge in [0.1, 0.15) is 0 Å². The van der Waals surface area contributed by atoms with Crippen molar-refractivity contribution in [1.82, 2.24) is 15.5 Å². The fourth-order valence-corrected chi connectivity index (χ4v) is 6.59. The average Bonchev–Trinajstić information content (AvgIpc) is 3.14. The Morgan fingerprint density at radius 2 is 1.53 bits per heavy atom. The molecular weight excluding hydrogens is 610 g/mol. The van der Waals surface area contributed by atoms with Crippen molar-refractivity contribution in [2.24, 2.45) is 5.92 Å². The van der Waals surface area contributed by atoms with E-state index in [0.29, 0.717) is 13.1 Å². The molecule has 0 spiro atoms. The van der Waals surface area contributed by atoms with Crippen molar-refractivity contribution in [2.45, 2.75) is 58.5 Å². The molecule has 1 fully saturated rings. The number of hydrogen-bond donors (Lipinski definition) is 3. The second-order valence-corrected chi connectivity index (χ2v) is 13.1. The van der Waals surface area contributed by atoms with Crippen LogP contribution in [-0.4, -0.2) is 42.3 Å². The number of fused-ring (bicyclic) bond motifs is 1. The van der Waals surface area contributed by atoms with E-state index in [-0.39, 0.29) is 36.8 Å². The van der Waals surface area contributed by atoms with Crippen LogP contribution in [0.1, 0.15) is 67.0 Å². The third-order valence-corrected chi connectivity index (χ3v) is 9.74. The molecule has 254 valence electrons. The Morgan fingerprint density at radius 1 is 0.796 bits per heavy atom. The summed E-state index contributed by atoms with van der Waals surface area (Å²) in [6.07, 6.45) is -0.827. The zero-order chi connectivity index (χ0) is 34.3. The molecule has 5 aromatic rings. The molecule has 6 rings (SSSR count). The quantitative estimate of drug-likeness (QED) is 0.133. The Balaban J connectivity index is 1.21. The second kappa shape index (κ2) is 15.8. The van der Waals surface area contributed by atoms with Crippen LogP contribution in [0, 0.1) is 5.92 Å². The molecule has 0 unspecified atom stereocenters. The Morgan fingerprint density at radius 3 is 2.27 bits per heavy atom. The lowest BCUT2D eigenvalue weighted by Gasteiger charge is -2.43. The highest BCUT2D eigenvalue weighted by atomic mass is 16.7. The van der Waals surface area contributed by atoms with Gasteiger partial charge in [0.25, 0.3) is 0 Å². The van der Waals surface area contributed by atoms with Gasteiger partial charge in [-0.1, -0.05) is 110 Å². The van der Waals surface area contributed by atoms with Gasteiger partial charge in [0, 0.05) is 37.2 Å². The smallest absolute Gasteiger partial charge is 0.315 e. The molecule has 49 heavy (non-hydrogen) atoms. The average molecular weight is 658 g/mol. The first kappa shape index (κ1) is 34.3. The Kier molecular flexibility index (Phi) is 11.1. The Bertz CT molecular complexity index is 1840. The fourth-order valence-electron chi connectivity index (χ4n) is 6.59. The van der Waals surface area contributed by atoms with E-state index < -0.39 is 6.29 Å². The number of rotatable bonds is 11. The van der Waals surface area contributed by atoms with Gasteiger partial charge < -0.3 is 25.2 Å². The topological polar surface area (TPSA) is 83.1 Å². The lowest BCUT2D eigenvalue weighted by atomic mass is 9.89. The number of amides is 2. The number of urea groups is 1. The van der Waals surface area contributed by atoms with Gasteiger partial charge in [-0.15, -0.1) is 0 Å². The van der Waals surface area contributed by atoms with Crippen molar-refractivity contribution >= 4 is 16.8 Å². The van der Waals surface area contributed by atoms with Crippen molar-refractivity contribution in [3.8, 4) is 11.1 Å². The molecule has 7 heteroatoms. The zero-order valence-corrected chi connectivity index (χ0v) is 28.8. The summed E-state index contributed by atoms with van der Waals surface area (Å²) in [7, 11) is 2.17. The van der Waals surface area contributed by atoms with Crippen molar-refractivity contribution < 1.29 is 19.4 Å². The summed E-state index contributed by atoms with van der Waals surface area (Å²) in [4.78, 5) is 14.3. The zero-order valence-electron chi connectivity index (χ0n) is 28.8. The molecule has 1 aliphatic rings. The standard InChI is InChI=1S/C42H47N3O4/c1-5-43-42(47)44-25-31-9-8-12-37(23-31)33-17-20-35(21-18-33)41-48-39(28(2)40(49-41)34-15-13-30(27-46)14-16-34)26-45(4)29(3)36-22-19-32-10-6-7-11-38(32)24-36/h6-24,28-29,39-41,46H,5,25-27H2,1-4H3,(H2,43,44,47)/t28-,29+,39+,40+,41+/m0/s1. The summed E-state index contributed by atoms with van der Waals surface area (Å²) in [6.45, 7) is 8.13. The van der Waals surface area contributed by atoms with E-state index in [1.54, 1.807) is 0 Å². The summed E-state index contributed by atoms with van der Waals surface area (Å²) in [5.41, 5.74) is 7.35. The van der Waals surface area contributed by atoms with Crippen molar-refractivity contribution in [2.75, 3.05) is 20.1 Å². The van der Waals surface area contributed by atoms with Crippen molar-refractivity contribution in [1.29, 1.82) is 0 Å². The van der Waals surface area contributed by atoms with Gasteiger partial charge in [-0.25, -0.2) is 4.79 Å². The molecule has 0 aliphatic carbocycles. The Hall–Kier alpha value is -4.53. The summed E-state index contributed by atoms with van der Waals surface area (Å²) < 4.78 is 13.5. The largest absolute Gasteiger partial charge is 0.392 e. The second-order valence-electron chi connectivity index (χ2n) is 13.1. The molecule has 3 N–H and O–H groups in total. The number of aliphatic hydroxyl groups excluding tert-OH is 1. The van der Waals surface area contributed by atoms with E-state index in [1.807, 2.05) is 31.2 Å². The van der Waals surface area contributed by atoms with Gasteiger partial charge in [-0.05, 0) is 77.2 Å². The minimum absolute atomic E-state index is 0.00707. The number of carbonyl (C=O) groups is 1. The van der Waals surface area contributed by atoms with Crippen molar-refractivity contribution in [3.05, 3.63) is 143 Å². The fraction of sp³-hybridized carbons (Fsp3) is 0.310. The summed E-state index contributed by atoms with van der Waals surface area (Å²) >= 11 is 0. The van der Waals surface area contributed by atoms with Crippen molar-refractivity contribution in [3.63, 3.8) is 0 Å². The lowest BCUT2D eigenvalue weighted by molar-refractivity contribution is -0.276. The number of benzene rings is 5. The van der Waals surface area contributed by atoms with Crippen LogP contribution < -0.4 is 10.6 Å². The van der Waals surface area contributed by atoms with E-state index >= 15 is 0 Å². The molecule has 1 aliphatic heterocycles. The van der Waals surface area contributed by atoms with Gasteiger partial charge in [0.15, 0.2) is 6.29 Å². The third-order valence-electron chi connectivity index (χ3n) is 9.74. The number of likely N-dealkylation sites (N-methyl/N-ethyl adjacent to an activating group) is 1. The minimum atomic E-state index is -0.547. The van der Waals surface area contributed by atoms with Crippen LogP contribution in [0.2, 0.25) is 0 Å². The monoisotopic (exact) mass is 657 g/mol. The SMILES string of the molecule is CCNC(=O)NCc1cccc(-c2ccc([C@@H]3O[C@H](CN(C)[C@H](C)c4ccc5ccccc5c4)[C@H](C)[C@H](c4ccc(CO)cc4)O3)cc2)c1. The van der Waals surface area contributed by atoms with Gasteiger partial charge in [-0.2, -0.15) is 0 Å². The molecule has 1 heterocycles. The molecule has 0 bridgehead atoms. The van der Waals surface area contributed by atoms with Crippen LogP contribution in [0.25, 0.3) is 21.9 Å². The molecule has 0 aromatic heterocycles. The highest BCUT2D eigenvalue weighted by Gasteiger charge is 2.39. The molecule has 5 atom stereocenters. The van der Waals surface area contributed by atoms with Crippen LogP contribution in [0.3, 0.4) is 0 Å². The molecule has 0 radical (unpaired) electrons. The van der Waals surface area contributed by atoms with E-state index in [0.717, 1.165) is 39.9 Å². The normalized spacial score (nSPS) is 19.9. The summed E-state index contributed by atoms with van der Waals surface area (Å²) in [5.74, 6) is 0.0810.